The topological polar surface area (TPSA) is 0 Å². The Kier molecular flexibility index (Phi) is 2.00. The van der Waals surface area contributed by atoms with Gasteiger partial charge >= 0.3 is 0 Å². The molecule has 0 nitrogen and oxygen atoms in total. The molecule has 0 bridgehead atoms. The Bertz CT molecular complexity index is 438. The molecule has 1 fully saturated rings. The quantitative estimate of drug-likeness (QED) is 0.650. The minimum atomic E-state index is -1.03. The Morgan fingerprint density at radius 1 is 1.12 bits per heavy atom. The maximum Gasteiger partial charge on any atom is 0.0553 e. The average molecular weight is 228 g/mol. The summed E-state index contributed by atoms with van der Waals surface area (Å²) in [4.78, 5) is 0. The monoisotopic (exact) mass is 228 g/mol. The van der Waals surface area contributed by atoms with Crippen molar-refractivity contribution in [2.24, 2.45) is 5.92 Å². The fraction of sp³-hybridized carbons (Fsp3) is 0.467. The molecule has 0 N–H and O–H groups in total. The van der Waals surface area contributed by atoms with Crippen molar-refractivity contribution in [1.82, 2.24) is 0 Å². The molecule has 1 saturated carbocycles. The molecule has 1 aromatic carbocycles. The maximum absolute atomic E-state index is 2.64. The van der Waals surface area contributed by atoms with Crippen molar-refractivity contribution < 1.29 is 0 Å². The van der Waals surface area contributed by atoms with E-state index in [0.717, 1.165) is 5.92 Å². The van der Waals surface area contributed by atoms with E-state index in [1.165, 1.54) is 18.4 Å². The third-order valence-corrected chi connectivity index (χ3v) is 8.14. The van der Waals surface area contributed by atoms with E-state index in [0.29, 0.717) is 5.04 Å². The number of fused-ring (bicyclic) bond motifs is 1. The Balaban J connectivity index is 1.95. The number of hydrogen-bond donors (Lipinski definition) is 0. The molecule has 2 aliphatic carbocycles. The highest BCUT2D eigenvalue weighted by Gasteiger charge is 2.62. The second-order valence-corrected chi connectivity index (χ2v) is 11.9. The smallest absolute Gasteiger partial charge is 0.0553 e. The zero-order valence-corrected chi connectivity index (χ0v) is 11.5. The first-order valence-corrected chi connectivity index (χ1v) is 9.80. The molecule has 0 radical (unpaired) electrons. The molecule has 0 aliphatic heterocycles. The summed E-state index contributed by atoms with van der Waals surface area (Å²) in [6.07, 6.45) is 5.44. The summed E-state index contributed by atoms with van der Waals surface area (Å²) < 4.78 is 0. The predicted octanol–water partition coefficient (Wildman–Crippen LogP) is 4.57. The maximum atomic E-state index is 2.64. The number of allylic oxidation sites excluding steroid dienone is 2. The third-order valence-electron chi connectivity index (χ3n) is 4.59. The van der Waals surface area contributed by atoms with Crippen LogP contribution in [-0.4, -0.2) is 8.07 Å². The van der Waals surface area contributed by atoms with Crippen LogP contribution < -0.4 is 0 Å². The minimum absolute atomic E-state index is 0.651. The van der Waals surface area contributed by atoms with E-state index < -0.39 is 8.07 Å². The van der Waals surface area contributed by atoms with Crippen molar-refractivity contribution in [3.05, 3.63) is 42.0 Å². The molecule has 2 atom stereocenters. The van der Waals surface area contributed by atoms with Gasteiger partial charge in [0.25, 0.3) is 0 Å². The van der Waals surface area contributed by atoms with Crippen molar-refractivity contribution >= 4 is 13.6 Å². The lowest BCUT2D eigenvalue weighted by Gasteiger charge is -2.25. The molecule has 2 aliphatic rings. The predicted molar refractivity (Wildman–Crippen MR) is 73.2 cm³/mol. The van der Waals surface area contributed by atoms with Crippen LogP contribution in [0, 0.1) is 5.92 Å². The van der Waals surface area contributed by atoms with Gasteiger partial charge in [-0.25, -0.2) is 0 Å². The summed E-state index contributed by atoms with van der Waals surface area (Å²) in [5, 5.41) is 0.651. The molecule has 0 amide bonds. The van der Waals surface area contributed by atoms with Gasteiger partial charge in [0.2, 0.25) is 0 Å². The van der Waals surface area contributed by atoms with E-state index in [4.69, 9.17) is 0 Å². The first-order chi connectivity index (χ1) is 7.53. The van der Waals surface area contributed by atoms with Crippen LogP contribution in [0.2, 0.25) is 24.7 Å². The highest BCUT2D eigenvalue weighted by atomic mass is 28.3. The van der Waals surface area contributed by atoms with E-state index >= 15 is 0 Å². The summed E-state index contributed by atoms with van der Waals surface area (Å²) in [5.74, 6) is 0.981. The van der Waals surface area contributed by atoms with E-state index in [9.17, 15) is 0 Å². The van der Waals surface area contributed by atoms with Crippen LogP contribution in [-0.2, 0) is 0 Å². The van der Waals surface area contributed by atoms with Gasteiger partial charge in [0.15, 0.2) is 0 Å². The van der Waals surface area contributed by atoms with Crippen molar-refractivity contribution in [1.29, 1.82) is 0 Å². The normalized spacial score (nSPS) is 32.2. The van der Waals surface area contributed by atoms with E-state index in [2.05, 4.69) is 56.0 Å². The van der Waals surface area contributed by atoms with Crippen LogP contribution in [0.4, 0.5) is 0 Å². The molecule has 1 heteroatoms. The molecule has 0 spiro atoms. The lowest BCUT2D eigenvalue weighted by molar-refractivity contribution is 0.855. The van der Waals surface area contributed by atoms with Crippen molar-refractivity contribution in [3.63, 3.8) is 0 Å². The number of rotatable bonds is 2. The molecular weight excluding hydrogens is 208 g/mol. The minimum Gasteiger partial charge on any atom is -0.0769 e. The Hall–Kier alpha value is -0.823. The first-order valence-electron chi connectivity index (χ1n) is 6.30. The van der Waals surface area contributed by atoms with Crippen LogP contribution >= 0.6 is 0 Å². The molecule has 0 aromatic heterocycles. The van der Waals surface area contributed by atoms with Crippen LogP contribution in [0.5, 0.6) is 0 Å². The van der Waals surface area contributed by atoms with E-state index in [1.807, 2.05) is 0 Å². The Morgan fingerprint density at radius 2 is 1.81 bits per heavy atom. The highest BCUT2D eigenvalue weighted by molar-refractivity contribution is 6.80. The van der Waals surface area contributed by atoms with Gasteiger partial charge < -0.3 is 0 Å². The molecule has 0 saturated heterocycles. The van der Waals surface area contributed by atoms with Gasteiger partial charge in [-0.3, -0.25) is 0 Å². The van der Waals surface area contributed by atoms with Crippen LogP contribution in [0.1, 0.15) is 18.4 Å². The van der Waals surface area contributed by atoms with Crippen molar-refractivity contribution in [2.75, 3.05) is 0 Å². The van der Waals surface area contributed by atoms with Gasteiger partial charge in [-0.2, -0.15) is 0 Å². The second kappa shape index (κ2) is 3.10. The molecule has 1 aromatic rings. The molecule has 84 valence electrons. The van der Waals surface area contributed by atoms with Crippen LogP contribution in [0.15, 0.2) is 36.4 Å². The lowest BCUT2D eigenvalue weighted by Crippen LogP contribution is -2.28. The molecule has 3 rings (SSSR count). The molecular formula is C15H20Si. The largest absolute Gasteiger partial charge is 0.0769 e. The standard InChI is InChI=1S/C15H20Si/c1-16(2,3)15-10-13(9-14(15)11-15)12-7-5-4-6-8-12/h4-8,10,14H,9,11H2,1-3H3/t14-,15-/m1/s1. The number of hydrogen-bond acceptors (Lipinski definition) is 0. The van der Waals surface area contributed by atoms with E-state index in [-0.39, 0.29) is 0 Å². The third kappa shape index (κ3) is 1.34. The molecule has 0 heterocycles. The zero-order chi connectivity index (χ0) is 11.4. The van der Waals surface area contributed by atoms with Gasteiger partial charge in [-0.15, -0.1) is 0 Å². The van der Waals surface area contributed by atoms with Gasteiger partial charge in [0, 0.05) is 0 Å². The first kappa shape index (κ1) is 10.3. The van der Waals surface area contributed by atoms with Gasteiger partial charge in [-0.05, 0) is 34.9 Å². The Morgan fingerprint density at radius 3 is 2.38 bits per heavy atom. The van der Waals surface area contributed by atoms with E-state index in [1.54, 1.807) is 5.57 Å². The summed E-state index contributed by atoms with van der Waals surface area (Å²) in [7, 11) is -1.03. The van der Waals surface area contributed by atoms with Gasteiger partial charge in [-0.1, -0.05) is 56.0 Å². The van der Waals surface area contributed by atoms with Crippen LogP contribution in [0.25, 0.3) is 5.57 Å². The zero-order valence-electron chi connectivity index (χ0n) is 10.5. The fourth-order valence-corrected chi connectivity index (χ4v) is 6.20. The summed E-state index contributed by atoms with van der Waals surface area (Å²) in [6.45, 7) is 7.58. The van der Waals surface area contributed by atoms with Gasteiger partial charge in [0.1, 0.15) is 0 Å². The van der Waals surface area contributed by atoms with Crippen molar-refractivity contribution in [3.8, 4) is 0 Å². The summed E-state index contributed by atoms with van der Waals surface area (Å²) in [6, 6.07) is 10.9. The van der Waals surface area contributed by atoms with Gasteiger partial charge in [0.05, 0.1) is 8.07 Å². The lowest BCUT2D eigenvalue weighted by atomic mass is 10.0. The fourth-order valence-electron chi connectivity index (χ4n) is 3.40. The molecule has 0 unspecified atom stereocenters. The summed E-state index contributed by atoms with van der Waals surface area (Å²) in [5.41, 5.74) is 3.06. The number of benzene rings is 1. The second-order valence-electron chi connectivity index (χ2n) is 6.43. The summed E-state index contributed by atoms with van der Waals surface area (Å²) >= 11 is 0. The van der Waals surface area contributed by atoms with Crippen LogP contribution in [0.3, 0.4) is 0 Å². The highest BCUT2D eigenvalue weighted by Crippen LogP contribution is 2.73. The van der Waals surface area contributed by atoms with Crippen molar-refractivity contribution in [2.45, 2.75) is 37.5 Å². The molecule has 16 heavy (non-hydrogen) atoms. The Labute approximate surface area is 99.4 Å². The SMILES string of the molecule is C[Si](C)(C)[C@@]12C=C(c3ccccc3)C[C@@H]1C2. The average Bonchev–Trinajstić information content (AvgIpc) is 2.83.